The first-order valence-corrected chi connectivity index (χ1v) is 12.6. The average Bonchev–Trinajstić information content (AvgIpc) is 3.04. The number of benzene rings is 1. The summed E-state index contributed by atoms with van der Waals surface area (Å²) in [5.41, 5.74) is 1.89. The van der Waals surface area contributed by atoms with E-state index in [1.807, 2.05) is 31.2 Å². The van der Waals surface area contributed by atoms with Crippen molar-refractivity contribution >= 4 is 11.8 Å². The van der Waals surface area contributed by atoms with E-state index in [9.17, 15) is 14.6 Å². The van der Waals surface area contributed by atoms with Crippen molar-refractivity contribution < 1.29 is 29.2 Å². The highest BCUT2D eigenvalue weighted by atomic mass is 32.2. The third-order valence-corrected chi connectivity index (χ3v) is 7.42. The number of hydrogen-bond donors (Lipinski definition) is 3. The maximum Gasteiger partial charge on any atom is 0.119 e. The van der Waals surface area contributed by atoms with Crippen LogP contribution in [0.25, 0.3) is 0 Å². The highest BCUT2D eigenvalue weighted by molar-refractivity contribution is 7.99. The van der Waals surface area contributed by atoms with Crippen LogP contribution in [0.2, 0.25) is 0 Å². The molecule has 1 aromatic carbocycles. The Morgan fingerprint density at radius 1 is 1.22 bits per heavy atom. The Hall–Kier alpha value is -1.12. The van der Waals surface area contributed by atoms with Gasteiger partial charge in [0.1, 0.15) is 11.9 Å². The van der Waals surface area contributed by atoms with Gasteiger partial charge in [0.15, 0.2) is 0 Å². The monoisotopic (exact) mass is 470 g/mol. The zero-order chi connectivity index (χ0) is 23.5. The maximum atomic E-state index is 14.7. The molecule has 1 aliphatic carbocycles. The molecular formula is C25H39FO5S. The quantitative estimate of drug-likeness (QED) is 0.284. The van der Waals surface area contributed by atoms with Crippen LogP contribution < -0.4 is 4.74 Å². The summed E-state index contributed by atoms with van der Waals surface area (Å²) in [6, 6.07) is 5.76. The fourth-order valence-electron chi connectivity index (χ4n) is 4.51. The molecule has 6 atom stereocenters. The first kappa shape index (κ1) is 27.1. The maximum absolute atomic E-state index is 14.7. The molecule has 0 heterocycles. The van der Waals surface area contributed by atoms with Crippen LogP contribution in [-0.4, -0.2) is 66.0 Å². The molecule has 1 fully saturated rings. The third kappa shape index (κ3) is 8.34. The Bertz CT molecular complexity index is 701. The number of methoxy groups -OCH3 is 2. The molecule has 1 saturated carbocycles. The van der Waals surface area contributed by atoms with E-state index in [4.69, 9.17) is 14.6 Å². The second-order valence-corrected chi connectivity index (χ2v) is 9.89. The van der Waals surface area contributed by atoms with Gasteiger partial charge in [-0.25, -0.2) is 4.39 Å². The zero-order valence-electron chi connectivity index (χ0n) is 19.5. The predicted molar refractivity (Wildman–Crippen MR) is 128 cm³/mol. The smallest absolute Gasteiger partial charge is 0.119 e. The van der Waals surface area contributed by atoms with Gasteiger partial charge in [-0.1, -0.05) is 25.1 Å². The molecule has 2 rings (SSSR count). The number of aliphatic hydroxyl groups is 3. The van der Waals surface area contributed by atoms with Gasteiger partial charge in [-0.2, -0.15) is 11.8 Å². The highest BCUT2D eigenvalue weighted by Crippen LogP contribution is 2.41. The molecule has 0 saturated heterocycles. The Balaban J connectivity index is 1.99. The number of hydrogen-bond acceptors (Lipinski definition) is 6. The van der Waals surface area contributed by atoms with Crippen molar-refractivity contribution in [3.05, 3.63) is 41.5 Å². The van der Waals surface area contributed by atoms with E-state index in [1.54, 1.807) is 32.1 Å². The van der Waals surface area contributed by atoms with Crippen molar-refractivity contribution in [1.29, 1.82) is 0 Å². The molecule has 0 bridgehead atoms. The van der Waals surface area contributed by atoms with Crippen LogP contribution in [0.1, 0.15) is 37.3 Å². The fraction of sp³-hybridized carbons (Fsp3) is 0.680. The number of halogens is 1. The minimum absolute atomic E-state index is 0.114. The van der Waals surface area contributed by atoms with E-state index in [2.05, 4.69) is 0 Å². The number of unbranched alkanes of at least 4 members (excludes halogenated alkanes) is 1. The van der Waals surface area contributed by atoms with Crippen molar-refractivity contribution in [1.82, 2.24) is 0 Å². The van der Waals surface area contributed by atoms with Gasteiger partial charge in [-0.05, 0) is 53.5 Å². The van der Waals surface area contributed by atoms with Crippen molar-refractivity contribution in [2.24, 2.45) is 17.8 Å². The molecule has 1 unspecified atom stereocenters. The topological polar surface area (TPSA) is 79.2 Å². The molecule has 7 heteroatoms. The molecule has 5 nitrogen and oxygen atoms in total. The molecule has 182 valence electrons. The second-order valence-electron chi connectivity index (χ2n) is 8.74. The van der Waals surface area contributed by atoms with Crippen molar-refractivity contribution in [3.8, 4) is 5.75 Å². The first-order valence-electron chi connectivity index (χ1n) is 11.4. The summed E-state index contributed by atoms with van der Waals surface area (Å²) >= 11 is 1.77. The number of rotatable bonds is 14. The van der Waals surface area contributed by atoms with E-state index in [0.717, 1.165) is 35.5 Å². The second kappa shape index (κ2) is 14.2. The molecule has 0 spiro atoms. The summed E-state index contributed by atoms with van der Waals surface area (Å²) in [6.07, 6.45) is 3.26. The van der Waals surface area contributed by atoms with Gasteiger partial charge in [-0.15, -0.1) is 0 Å². The van der Waals surface area contributed by atoms with Gasteiger partial charge in [0.05, 0.1) is 25.9 Å². The summed E-state index contributed by atoms with van der Waals surface area (Å²) in [5, 5.41) is 29.9. The largest absolute Gasteiger partial charge is 0.497 e. The molecule has 3 N–H and O–H groups in total. The molecule has 32 heavy (non-hydrogen) atoms. The van der Waals surface area contributed by atoms with E-state index >= 15 is 0 Å². The molecular weight excluding hydrogens is 431 g/mol. The van der Waals surface area contributed by atoms with Gasteiger partial charge in [-0.3, -0.25) is 0 Å². The highest BCUT2D eigenvalue weighted by Gasteiger charge is 2.44. The van der Waals surface area contributed by atoms with E-state index < -0.39 is 18.4 Å². The fourth-order valence-corrected chi connectivity index (χ4v) is 5.68. The van der Waals surface area contributed by atoms with Gasteiger partial charge in [0.2, 0.25) is 0 Å². The number of thioether (sulfide) groups is 1. The SMILES string of the molecule is COCc1cc(C[C@H](O)/C=C/[C@@H]2[C@@H](C(C)CSCCCCO)[C@H](F)C[C@H]2O)cc(OC)c1. The molecule has 0 radical (unpaired) electrons. The minimum atomic E-state index is -1.04. The van der Waals surface area contributed by atoms with Crippen LogP contribution in [-0.2, 0) is 17.8 Å². The molecule has 1 aliphatic rings. The first-order chi connectivity index (χ1) is 15.4. The number of alkyl halides is 1. The Morgan fingerprint density at radius 3 is 2.66 bits per heavy atom. The molecule has 1 aromatic rings. The summed E-state index contributed by atoms with van der Waals surface area (Å²) in [5.74, 6) is 2.03. The summed E-state index contributed by atoms with van der Waals surface area (Å²) in [4.78, 5) is 0. The van der Waals surface area contributed by atoms with Crippen LogP contribution in [0.4, 0.5) is 4.39 Å². The van der Waals surface area contributed by atoms with E-state index in [1.165, 1.54) is 0 Å². The van der Waals surface area contributed by atoms with E-state index in [-0.39, 0.29) is 30.8 Å². The lowest BCUT2D eigenvalue weighted by molar-refractivity contribution is 0.132. The standard InChI is InChI=1S/C25H39FO5S/c1-17(16-32-9-5-4-8-27)25-22(24(29)14-23(25)26)7-6-20(28)11-18-10-19(15-30-2)13-21(12-18)31-3/h6-7,10,12-13,17,20,22-25,27-29H,4-5,8-9,11,14-16H2,1-3H3/b7-6+/t17?,20-,22+,23-,24-,25-/m1/s1. The number of ether oxygens (including phenoxy) is 2. The van der Waals surface area contributed by atoms with Crippen LogP contribution >= 0.6 is 11.8 Å². The van der Waals surface area contributed by atoms with Crippen molar-refractivity contribution in [3.63, 3.8) is 0 Å². The van der Waals surface area contributed by atoms with Gasteiger partial charge in [0, 0.05) is 38.4 Å². The average molecular weight is 471 g/mol. The Kier molecular flexibility index (Phi) is 12.0. The predicted octanol–water partition coefficient (Wildman–Crippen LogP) is 3.78. The van der Waals surface area contributed by atoms with Crippen molar-refractivity contribution in [2.75, 3.05) is 32.3 Å². The van der Waals surface area contributed by atoms with Gasteiger partial charge in [0.25, 0.3) is 0 Å². The Labute approximate surface area is 196 Å². The lowest BCUT2D eigenvalue weighted by Gasteiger charge is -2.26. The summed E-state index contributed by atoms with van der Waals surface area (Å²) in [7, 11) is 3.24. The van der Waals surface area contributed by atoms with Crippen LogP contribution in [0, 0.1) is 17.8 Å². The summed E-state index contributed by atoms with van der Waals surface area (Å²) in [6.45, 7) is 2.70. The summed E-state index contributed by atoms with van der Waals surface area (Å²) < 4.78 is 25.3. The van der Waals surface area contributed by atoms with Gasteiger partial charge < -0.3 is 24.8 Å². The normalized spacial score (nSPS) is 25.3. The minimum Gasteiger partial charge on any atom is -0.497 e. The van der Waals surface area contributed by atoms with E-state index in [0.29, 0.717) is 18.8 Å². The van der Waals surface area contributed by atoms with Crippen LogP contribution in [0.5, 0.6) is 5.75 Å². The van der Waals surface area contributed by atoms with Crippen molar-refractivity contribution in [2.45, 2.75) is 57.6 Å². The third-order valence-electron chi connectivity index (χ3n) is 6.08. The van der Waals surface area contributed by atoms with Gasteiger partial charge >= 0.3 is 0 Å². The Morgan fingerprint density at radius 2 is 1.97 bits per heavy atom. The van der Waals surface area contributed by atoms with Crippen LogP contribution in [0.3, 0.4) is 0 Å². The number of aliphatic hydroxyl groups excluding tert-OH is 3. The molecule has 0 aliphatic heterocycles. The zero-order valence-corrected chi connectivity index (χ0v) is 20.3. The lowest BCUT2D eigenvalue weighted by atomic mass is 9.84. The molecule has 0 amide bonds. The molecule has 0 aromatic heterocycles. The lowest BCUT2D eigenvalue weighted by Crippen LogP contribution is -2.27. The van der Waals surface area contributed by atoms with Crippen LogP contribution in [0.15, 0.2) is 30.4 Å².